The van der Waals surface area contributed by atoms with Gasteiger partial charge < -0.3 is 9.72 Å². The molecule has 0 radical (unpaired) electrons. The number of hydrogen-bond acceptors (Lipinski definition) is 2. The average molecular weight is 319 g/mol. The molecule has 2 aromatic rings. The lowest BCUT2D eigenvalue weighted by molar-refractivity contribution is 0.208. The van der Waals surface area contributed by atoms with Crippen molar-refractivity contribution >= 4 is 5.57 Å². The maximum atomic E-state index is 12.5. The number of benzene rings is 1. The van der Waals surface area contributed by atoms with E-state index in [9.17, 15) is 4.79 Å². The van der Waals surface area contributed by atoms with Gasteiger partial charge in [-0.2, -0.15) is 0 Å². The minimum atomic E-state index is -0.0871. The van der Waals surface area contributed by atoms with E-state index in [-0.39, 0.29) is 5.56 Å². The van der Waals surface area contributed by atoms with Gasteiger partial charge in [0.15, 0.2) is 0 Å². The van der Waals surface area contributed by atoms with Crippen molar-refractivity contribution < 1.29 is 4.74 Å². The second-order valence-electron chi connectivity index (χ2n) is 5.63. The third-order valence-corrected chi connectivity index (χ3v) is 4.03. The van der Waals surface area contributed by atoms with Crippen LogP contribution in [0.4, 0.5) is 0 Å². The maximum Gasteiger partial charge on any atom is 0.256 e. The van der Waals surface area contributed by atoms with Crippen LogP contribution in [0.15, 0.2) is 71.4 Å². The number of aromatic nitrogens is 1. The van der Waals surface area contributed by atoms with Crippen LogP contribution in [-0.2, 0) is 11.3 Å². The molecule has 3 rings (SSSR count). The van der Waals surface area contributed by atoms with E-state index in [4.69, 9.17) is 4.74 Å². The van der Waals surface area contributed by atoms with E-state index in [1.807, 2.05) is 55.5 Å². The van der Waals surface area contributed by atoms with Gasteiger partial charge in [-0.25, -0.2) is 0 Å². The summed E-state index contributed by atoms with van der Waals surface area (Å²) >= 11 is 0. The molecular formula is C21H21NO2. The molecule has 0 atom stereocenters. The summed E-state index contributed by atoms with van der Waals surface area (Å²) in [7, 11) is 0. The third kappa shape index (κ3) is 2.98. The lowest BCUT2D eigenvalue weighted by Gasteiger charge is -2.23. The Bertz CT molecular complexity index is 870. The summed E-state index contributed by atoms with van der Waals surface area (Å²) in [6, 6.07) is 9.74. The van der Waals surface area contributed by atoms with Crippen LogP contribution in [0.1, 0.15) is 31.4 Å². The van der Waals surface area contributed by atoms with E-state index in [0.717, 1.165) is 34.4 Å². The first-order valence-electron chi connectivity index (χ1n) is 8.23. The average Bonchev–Trinajstić information content (AvgIpc) is 2.61. The first-order valence-corrected chi connectivity index (χ1v) is 8.23. The number of H-pyrrole nitrogens is 1. The first-order chi connectivity index (χ1) is 11.8. The SMILES string of the molecule is C/C=C\C1=C(/C=C/CC)OCc2c1c[nH]c(=O)c2-c1ccccc1. The van der Waals surface area contributed by atoms with Gasteiger partial charge in [0.1, 0.15) is 12.4 Å². The molecule has 122 valence electrons. The number of hydrogen-bond donors (Lipinski definition) is 1. The Morgan fingerprint density at radius 2 is 2.00 bits per heavy atom. The largest absolute Gasteiger partial charge is 0.488 e. The van der Waals surface area contributed by atoms with Gasteiger partial charge in [-0.1, -0.05) is 55.5 Å². The zero-order valence-electron chi connectivity index (χ0n) is 14.0. The van der Waals surface area contributed by atoms with Crippen LogP contribution >= 0.6 is 0 Å². The standard InChI is InChI=1S/C21H21NO2/c1-3-5-12-19-16(9-4-2)17-13-22-21(23)20(18(17)14-24-19)15-10-7-6-8-11-15/h4-13H,3,14H2,1-2H3,(H,22,23)/b9-4-,12-5+. The number of allylic oxidation sites excluding steroid dienone is 5. The van der Waals surface area contributed by atoms with Crippen LogP contribution in [0, 0.1) is 0 Å². The van der Waals surface area contributed by atoms with Crippen molar-refractivity contribution in [2.24, 2.45) is 0 Å². The van der Waals surface area contributed by atoms with Crippen LogP contribution in [0.2, 0.25) is 0 Å². The second-order valence-corrected chi connectivity index (χ2v) is 5.63. The fourth-order valence-electron chi connectivity index (χ4n) is 2.93. The van der Waals surface area contributed by atoms with Crippen LogP contribution in [0.25, 0.3) is 16.7 Å². The maximum absolute atomic E-state index is 12.5. The molecule has 0 saturated carbocycles. The molecule has 0 saturated heterocycles. The number of rotatable bonds is 4. The van der Waals surface area contributed by atoms with Gasteiger partial charge in [-0.15, -0.1) is 0 Å². The van der Waals surface area contributed by atoms with E-state index in [1.54, 1.807) is 6.20 Å². The summed E-state index contributed by atoms with van der Waals surface area (Å²) in [4.78, 5) is 15.3. The van der Waals surface area contributed by atoms with E-state index in [2.05, 4.69) is 18.0 Å². The summed E-state index contributed by atoms with van der Waals surface area (Å²) in [5, 5.41) is 0. The lowest BCUT2D eigenvalue weighted by Crippen LogP contribution is -2.17. The summed E-state index contributed by atoms with van der Waals surface area (Å²) < 4.78 is 5.98. The predicted molar refractivity (Wildman–Crippen MR) is 98.5 cm³/mol. The highest BCUT2D eigenvalue weighted by atomic mass is 16.5. The molecule has 0 unspecified atom stereocenters. The van der Waals surface area contributed by atoms with Crippen molar-refractivity contribution in [2.75, 3.05) is 0 Å². The molecule has 1 N–H and O–H groups in total. The molecule has 0 amide bonds. The molecule has 2 heterocycles. The zero-order valence-corrected chi connectivity index (χ0v) is 14.0. The van der Waals surface area contributed by atoms with Crippen molar-refractivity contribution in [3.05, 3.63) is 88.1 Å². The minimum Gasteiger partial charge on any atom is -0.488 e. The van der Waals surface area contributed by atoms with Crippen molar-refractivity contribution in [3.63, 3.8) is 0 Å². The second kappa shape index (κ2) is 7.18. The molecule has 0 aliphatic carbocycles. The Balaban J connectivity index is 2.24. The van der Waals surface area contributed by atoms with Gasteiger partial charge in [-0.05, 0) is 25.0 Å². The van der Waals surface area contributed by atoms with Crippen molar-refractivity contribution in [3.8, 4) is 11.1 Å². The molecule has 3 heteroatoms. The molecular weight excluding hydrogens is 298 g/mol. The van der Waals surface area contributed by atoms with Gasteiger partial charge in [0.05, 0.1) is 5.56 Å². The van der Waals surface area contributed by atoms with Crippen molar-refractivity contribution in [2.45, 2.75) is 26.9 Å². The van der Waals surface area contributed by atoms with E-state index in [1.165, 1.54) is 0 Å². The van der Waals surface area contributed by atoms with Crippen LogP contribution in [0.5, 0.6) is 0 Å². The van der Waals surface area contributed by atoms with Gasteiger partial charge in [0, 0.05) is 22.9 Å². The molecule has 0 fully saturated rings. The lowest BCUT2D eigenvalue weighted by atomic mass is 9.92. The Hall–Kier alpha value is -2.81. The van der Waals surface area contributed by atoms with Crippen LogP contribution in [-0.4, -0.2) is 4.98 Å². The Morgan fingerprint density at radius 1 is 1.21 bits per heavy atom. The molecule has 24 heavy (non-hydrogen) atoms. The van der Waals surface area contributed by atoms with E-state index < -0.39 is 0 Å². The third-order valence-electron chi connectivity index (χ3n) is 4.03. The highest BCUT2D eigenvalue weighted by molar-refractivity contribution is 5.83. The first kappa shape index (κ1) is 16.1. The normalized spacial score (nSPS) is 14.2. The summed E-state index contributed by atoms with van der Waals surface area (Å²) in [6.07, 6.45) is 10.8. The molecule has 3 nitrogen and oxygen atoms in total. The van der Waals surface area contributed by atoms with Crippen LogP contribution < -0.4 is 5.56 Å². The highest BCUT2D eigenvalue weighted by Gasteiger charge is 2.22. The molecule has 1 aliphatic rings. The van der Waals surface area contributed by atoms with Gasteiger partial charge in [0.2, 0.25) is 0 Å². The minimum absolute atomic E-state index is 0.0871. The topological polar surface area (TPSA) is 42.1 Å². The summed E-state index contributed by atoms with van der Waals surface area (Å²) in [5.41, 5.74) is 4.47. The molecule has 1 aromatic heterocycles. The Labute approximate surface area is 142 Å². The van der Waals surface area contributed by atoms with Gasteiger partial charge in [0.25, 0.3) is 5.56 Å². The van der Waals surface area contributed by atoms with E-state index in [0.29, 0.717) is 12.2 Å². The molecule has 1 aromatic carbocycles. The van der Waals surface area contributed by atoms with Crippen molar-refractivity contribution in [1.29, 1.82) is 0 Å². The molecule has 0 spiro atoms. The number of nitrogens with one attached hydrogen (secondary N) is 1. The van der Waals surface area contributed by atoms with Crippen molar-refractivity contribution in [1.82, 2.24) is 4.98 Å². The van der Waals surface area contributed by atoms with Gasteiger partial charge >= 0.3 is 0 Å². The van der Waals surface area contributed by atoms with Crippen LogP contribution in [0.3, 0.4) is 0 Å². The quantitative estimate of drug-likeness (QED) is 0.877. The Morgan fingerprint density at radius 3 is 2.71 bits per heavy atom. The fourth-order valence-corrected chi connectivity index (χ4v) is 2.93. The molecule has 0 bridgehead atoms. The number of pyridine rings is 1. The summed E-state index contributed by atoms with van der Waals surface area (Å²) in [6.45, 7) is 4.47. The highest BCUT2D eigenvalue weighted by Crippen LogP contribution is 2.34. The number of ether oxygens (including phenoxy) is 1. The molecule has 1 aliphatic heterocycles. The number of fused-ring (bicyclic) bond motifs is 1. The summed E-state index contributed by atoms with van der Waals surface area (Å²) in [5.74, 6) is 0.841. The fraction of sp³-hybridized carbons (Fsp3) is 0.190. The predicted octanol–water partition coefficient (Wildman–Crippen LogP) is 4.83. The monoisotopic (exact) mass is 319 g/mol. The van der Waals surface area contributed by atoms with Gasteiger partial charge in [-0.3, -0.25) is 4.79 Å². The smallest absolute Gasteiger partial charge is 0.256 e. The van der Waals surface area contributed by atoms with E-state index >= 15 is 0 Å². The number of aromatic amines is 1. The Kier molecular flexibility index (Phi) is 4.80. The zero-order chi connectivity index (χ0) is 16.9.